The highest BCUT2D eigenvalue weighted by Gasteiger charge is 2.18. The van der Waals surface area contributed by atoms with Gasteiger partial charge in [-0.05, 0) is 41.0 Å². The van der Waals surface area contributed by atoms with Gasteiger partial charge in [0.2, 0.25) is 0 Å². The Hall–Kier alpha value is -1.03. The van der Waals surface area contributed by atoms with Gasteiger partial charge in [0.15, 0.2) is 5.75 Å². The van der Waals surface area contributed by atoms with Gasteiger partial charge >= 0.3 is 0 Å². The van der Waals surface area contributed by atoms with E-state index in [1.54, 1.807) is 0 Å². The summed E-state index contributed by atoms with van der Waals surface area (Å²) in [5.74, 6) is 0.918. The Morgan fingerprint density at radius 2 is 2.00 bits per heavy atom. The van der Waals surface area contributed by atoms with Gasteiger partial charge in [-0.25, -0.2) is 0 Å². The number of aromatic nitrogens is 2. The summed E-state index contributed by atoms with van der Waals surface area (Å²) < 4.78 is 7.85. The second-order valence-corrected chi connectivity index (χ2v) is 5.67. The van der Waals surface area contributed by atoms with E-state index in [1.807, 2.05) is 25.6 Å². The van der Waals surface area contributed by atoms with Crippen molar-refractivity contribution < 1.29 is 4.74 Å². The molecule has 1 aromatic heterocycles. The van der Waals surface area contributed by atoms with E-state index < -0.39 is 0 Å². The Kier molecular flexibility index (Phi) is 4.79. The van der Waals surface area contributed by atoms with Crippen LogP contribution in [0.4, 0.5) is 0 Å². The van der Waals surface area contributed by atoms with Gasteiger partial charge in [0.1, 0.15) is 11.8 Å². The van der Waals surface area contributed by atoms with Crippen molar-refractivity contribution in [3.63, 3.8) is 0 Å². The van der Waals surface area contributed by atoms with Crippen LogP contribution in [-0.4, -0.2) is 28.0 Å². The predicted octanol–water partition coefficient (Wildman–Crippen LogP) is 2.58. The third kappa shape index (κ3) is 3.73. The van der Waals surface area contributed by atoms with Crippen LogP contribution in [0.2, 0.25) is 0 Å². The zero-order valence-corrected chi connectivity index (χ0v) is 12.8. The van der Waals surface area contributed by atoms with Crippen LogP contribution < -0.4 is 10.1 Å². The molecule has 1 N–H and O–H groups in total. The molecule has 0 aliphatic rings. The van der Waals surface area contributed by atoms with Crippen molar-refractivity contribution in [1.82, 2.24) is 15.1 Å². The lowest BCUT2D eigenvalue weighted by Crippen LogP contribution is -2.43. The highest BCUT2D eigenvalue weighted by atomic mass is 16.5. The second-order valence-electron chi connectivity index (χ2n) is 5.67. The molecule has 0 bridgehead atoms. The fourth-order valence-electron chi connectivity index (χ4n) is 1.71. The quantitative estimate of drug-likeness (QED) is 0.847. The van der Waals surface area contributed by atoms with E-state index in [2.05, 4.69) is 38.1 Å². The van der Waals surface area contributed by atoms with E-state index in [0.29, 0.717) is 0 Å². The molecule has 0 fully saturated rings. The topological polar surface area (TPSA) is 39.1 Å². The number of ether oxygens (including phenoxy) is 1. The van der Waals surface area contributed by atoms with Crippen molar-refractivity contribution in [3.8, 4) is 5.75 Å². The fraction of sp³-hybridized carbons (Fsp3) is 0.786. The van der Waals surface area contributed by atoms with Gasteiger partial charge in [0.25, 0.3) is 0 Å². The molecular formula is C14H27N3O. The summed E-state index contributed by atoms with van der Waals surface area (Å²) in [7, 11) is 1.94. The molecule has 104 valence electrons. The highest BCUT2D eigenvalue weighted by Crippen LogP contribution is 2.22. The van der Waals surface area contributed by atoms with Crippen LogP contribution in [0.5, 0.6) is 5.75 Å². The molecule has 0 spiro atoms. The van der Waals surface area contributed by atoms with Gasteiger partial charge in [-0.3, -0.25) is 4.68 Å². The van der Waals surface area contributed by atoms with E-state index in [4.69, 9.17) is 4.74 Å². The summed E-state index contributed by atoms with van der Waals surface area (Å²) in [6.07, 6.45) is 1.24. The van der Waals surface area contributed by atoms with Crippen LogP contribution in [0.3, 0.4) is 0 Å². The number of rotatable bonds is 6. The Morgan fingerprint density at radius 1 is 1.39 bits per heavy atom. The largest absolute Gasteiger partial charge is 0.486 e. The van der Waals surface area contributed by atoms with Crippen molar-refractivity contribution in [2.24, 2.45) is 7.05 Å². The molecule has 1 heterocycles. The average molecular weight is 253 g/mol. The summed E-state index contributed by atoms with van der Waals surface area (Å²) >= 11 is 0. The van der Waals surface area contributed by atoms with E-state index >= 15 is 0 Å². The Labute approximate surface area is 111 Å². The molecule has 18 heavy (non-hydrogen) atoms. The molecular weight excluding hydrogens is 226 g/mol. The molecule has 0 radical (unpaired) electrons. The van der Waals surface area contributed by atoms with Crippen LogP contribution in [-0.2, 0) is 7.05 Å². The number of aryl methyl sites for hydroxylation is 2. The van der Waals surface area contributed by atoms with Gasteiger partial charge in [-0.2, -0.15) is 5.10 Å². The van der Waals surface area contributed by atoms with Crippen LogP contribution in [0, 0.1) is 13.8 Å². The number of hydrogen-bond acceptors (Lipinski definition) is 3. The zero-order chi connectivity index (χ0) is 13.9. The third-order valence-corrected chi connectivity index (χ3v) is 3.51. The van der Waals surface area contributed by atoms with Crippen molar-refractivity contribution in [3.05, 3.63) is 11.4 Å². The second kappa shape index (κ2) is 5.74. The molecule has 1 atom stereocenters. The van der Waals surface area contributed by atoms with Crippen LogP contribution >= 0.6 is 0 Å². The maximum atomic E-state index is 5.99. The first-order chi connectivity index (χ1) is 8.26. The van der Waals surface area contributed by atoms with Crippen LogP contribution in [0.15, 0.2) is 0 Å². The lowest BCUT2D eigenvalue weighted by atomic mass is 10.0. The molecule has 1 rings (SSSR count). The van der Waals surface area contributed by atoms with E-state index in [0.717, 1.165) is 30.1 Å². The smallest absolute Gasteiger partial charge is 0.163 e. The molecule has 0 saturated heterocycles. The van der Waals surface area contributed by atoms with Gasteiger partial charge in [-0.1, -0.05) is 6.92 Å². The maximum Gasteiger partial charge on any atom is 0.163 e. The molecule has 0 saturated carbocycles. The minimum atomic E-state index is 0.137. The summed E-state index contributed by atoms with van der Waals surface area (Å²) in [5, 5.41) is 7.88. The summed E-state index contributed by atoms with van der Waals surface area (Å²) in [6.45, 7) is 13.6. The van der Waals surface area contributed by atoms with E-state index in [1.165, 1.54) is 0 Å². The first-order valence-corrected chi connectivity index (χ1v) is 6.68. The number of nitrogens with zero attached hydrogens (tertiary/aromatic N) is 2. The summed E-state index contributed by atoms with van der Waals surface area (Å²) in [5.41, 5.74) is 2.20. The number of nitrogens with one attached hydrogen (secondary N) is 1. The van der Waals surface area contributed by atoms with Crippen molar-refractivity contribution in [1.29, 1.82) is 0 Å². The highest BCUT2D eigenvalue weighted by molar-refractivity contribution is 5.31. The van der Waals surface area contributed by atoms with E-state index in [-0.39, 0.29) is 11.6 Å². The monoisotopic (exact) mass is 253 g/mol. The Balaban J connectivity index is 2.57. The lowest BCUT2D eigenvalue weighted by Gasteiger charge is -2.27. The van der Waals surface area contributed by atoms with Crippen molar-refractivity contribution in [2.75, 3.05) is 6.54 Å². The zero-order valence-electron chi connectivity index (χ0n) is 12.8. The van der Waals surface area contributed by atoms with Gasteiger partial charge in [0, 0.05) is 19.1 Å². The molecule has 1 aromatic rings. The molecule has 0 aromatic carbocycles. The van der Waals surface area contributed by atoms with Crippen molar-refractivity contribution >= 4 is 0 Å². The summed E-state index contributed by atoms with van der Waals surface area (Å²) in [4.78, 5) is 0. The van der Waals surface area contributed by atoms with Gasteiger partial charge in [-0.15, -0.1) is 0 Å². The summed E-state index contributed by atoms with van der Waals surface area (Å²) in [6, 6.07) is 0. The van der Waals surface area contributed by atoms with Crippen molar-refractivity contribution in [2.45, 2.75) is 59.6 Å². The molecule has 0 aliphatic carbocycles. The molecule has 0 amide bonds. The van der Waals surface area contributed by atoms with Crippen LogP contribution in [0.1, 0.15) is 45.5 Å². The molecule has 4 nitrogen and oxygen atoms in total. The minimum absolute atomic E-state index is 0.137. The van der Waals surface area contributed by atoms with Gasteiger partial charge < -0.3 is 10.1 Å². The first kappa shape index (κ1) is 15.0. The SMILES string of the molecule is CCC(C)(C)NCC(C)Oc1c(C)nn(C)c1C. The Bertz CT molecular complexity index is 396. The molecule has 1 unspecified atom stereocenters. The Morgan fingerprint density at radius 3 is 2.44 bits per heavy atom. The average Bonchev–Trinajstić information content (AvgIpc) is 2.54. The maximum absolute atomic E-state index is 5.99. The lowest BCUT2D eigenvalue weighted by molar-refractivity contribution is 0.196. The standard InChI is InChI=1S/C14H27N3O/c1-8-14(5,6)15-9-10(2)18-13-11(3)16-17(7)12(13)4/h10,15H,8-9H2,1-7H3. The minimum Gasteiger partial charge on any atom is -0.486 e. The molecule has 4 heteroatoms. The van der Waals surface area contributed by atoms with Crippen LogP contribution in [0.25, 0.3) is 0 Å². The molecule has 0 aliphatic heterocycles. The van der Waals surface area contributed by atoms with E-state index in [9.17, 15) is 0 Å². The van der Waals surface area contributed by atoms with Gasteiger partial charge in [0.05, 0.1) is 5.69 Å². The normalized spacial score (nSPS) is 13.7. The first-order valence-electron chi connectivity index (χ1n) is 6.68. The number of hydrogen-bond donors (Lipinski definition) is 1. The predicted molar refractivity (Wildman–Crippen MR) is 75.1 cm³/mol. The third-order valence-electron chi connectivity index (χ3n) is 3.51. The fourth-order valence-corrected chi connectivity index (χ4v) is 1.71.